The molecule has 4 atom stereocenters. The summed E-state index contributed by atoms with van der Waals surface area (Å²) in [6.07, 6.45) is -3.17. The smallest absolute Gasteiger partial charge is 0.276 e. The Morgan fingerprint density at radius 3 is 2.60 bits per heavy atom. The fourth-order valence-electron chi connectivity index (χ4n) is 2.94. The van der Waals surface area contributed by atoms with E-state index >= 15 is 0 Å². The average Bonchev–Trinajstić information content (AvgIpc) is 3.18. The van der Waals surface area contributed by atoms with Gasteiger partial charge in [0.05, 0.1) is 12.3 Å². The van der Waals surface area contributed by atoms with Gasteiger partial charge < -0.3 is 20.1 Å². The highest BCUT2D eigenvalue weighted by molar-refractivity contribution is 5.60. The third-order valence-corrected chi connectivity index (χ3v) is 4.26. The maximum absolute atomic E-state index is 12.3. The summed E-state index contributed by atoms with van der Waals surface area (Å²) in [6.45, 7) is -0.440. The maximum Gasteiger partial charge on any atom is 0.276 e. The van der Waals surface area contributed by atoms with E-state index in [0.29, 0.717) is 5.69 Å². The second kappa shape index (κ2) is 6.05. The summed E-state index contributed by atoms with van der Waals surface area (Å²) in [4.78, 5) is 16.8. The number of ether oxygens (including phenoxy) is 1. The molecule has 130 valence electrons. The van der Waals surface area contributed by atoms with Crippen LogP contribution in [0.15, 0.2) is 47.5 Å². The number of aliphatic hydroxyl groups excluding tert-OH is 3. The number of nitrogens with zero attached hydrogens (tertiary/aromatic N) is 4. The molecule has 0 amide bonds. The molecule has 2 aromatic heterocycles. The van der Waals surface area contributed by atoms with Crippen molar-refractivity contribution in [1.82, 2.24) is 19.2 Å². The largest absolute Gasteiger partial charge is 0.394 e. The van der Waals surface area contributed by atoms with Crippen molar-refractivity contribution in [2.75, 3.05) is 6.61 Å². The normalized spacial score (nSPS) is 26.4. The Kier molecular flexibility index (Phi) is 3.85. The van der Waals surface area contributed by atoms with Crippen LogP contribution in [0.1, 0.15) is 6.23 Å². The third kappa shape index (κ3) is 2.53. The Labute approximate surface area is 141 Å². The van der Waals surface area contributed by atoms with Crippen LogP contribution in [0, 0.1) is 0 Å². The molecule has 0 spiro atoms. The topological polar surface area (TPSA) is 122 Å². The van der Waals surface area contributed by atoms with E-state index in [-0.39, 0.29) is 11.3 Å². The summed E-state index contributed by atoms with van der Waals surface area (Å²) in [6, 6.07) is 10.6. The second-order valence-electron chi connectivity index (χ2n) is 5.82. The Bertz CT molecular complexity index is 954. The van der Waals surface area contributed by atoms with Gasteiger partial charge in [0, 0.05) is 11.6 Å². The first-order chi connectivity index (χ1) is 12.1. The Balaban J connectivity index is 1.84. The van der Waals surface area contributed by atoms with E-state index in [1.54, 1.807) is 0 Å². The first kappa shape index (κ1) is 15.9. The number of fused-ring (bicyclic) bond motifs is 1. The summed E-state index contributed by atoms with van der Waals surface area (Å²) in [5.74, 6) is 0.168. The molecule has 0 unspecified atom stereocenters. The van der Waals surface area contributed by atoms with E-state index in [0.717, 1.165) is 10.1 Å². The summed E-state index contributed by atoms with van der Waals surface area (Å²) >= 11 is 0. The molecule has 1 aromatic carbocycles. The van der Waals surface area contributed by atoms with E-state index in [2.05, 4.69) is 10.1 Å². The van der Waals surface area contributed by atoms with E-state index < -0.39 is 31.1 Å². The molecular weight excluding hydrogens is 328 g/mol. The lowest BCUT2D eigenvalue weighted by atomic mass is 10.1. The molecule has 1 aliphatic rings. The van der Waals surface area contributed by atoms with Crippen molar-refractivity contribution < 1.29 is 20.1 Å². The lowest BCUT2D eigenvalue weighted by molar-refractivity contribution is -0.0512. The van der Waals surface area contributed by atoms with Crippen LogP contribution in [0.2, 0.25) is 0 Å². The van der Waals surface area contributed by atoms with Crippen LogP contribution in [0.5, 0.6) is 0 Å². The van der Waals surface area contributed by atoms with Crippen molar-refractivity contribution >= 4 is 5.78 Å². The number of aromatic nitrogens is 4. The lowest BCUT2D eigenvalue weighted by Gasteiger charge is -2.16. The predicted molar refractivity (Wildman–Crippen MR) is 85.7 cm³/mol. The highest BCUT2D eigenvalue weighted by Gasteiger charge is 2.44. The van der Waals surface area contributed by atoms with Gasteiger partial charge in [-0.3, -0.25) is 9.36 Å². The van der Waals surface area contributed by atoms with Crippen molar-refractivity contribution in [3.05, 3.63) is 53.1 Å². The number of benzene rings is 1. The maximum atomic E-state index is 12.3. The minimum absolute atomic E-state index is 0.168. The number of rotatable bonds is 3. The van der Waals surface area contributed by atoms with Crippen LogP contribution in [0.4, 0.5) is 0 Å². The highest BCUT2D eigenvalue weighted by atomic mass is 16.6. The van der Waals surface area contributed by atoms with Gasteiger partial charge in [-0.15, -0.1) is 0 Å². The monoisotopic (exact) mass is 344 g/mol. The van der Waals surface area contributed by atoms with Gasteiger partial charge in [-0.25, -0.2) is 4.98 Å². The molecule has 9 heteroatoms. The summed E-state index contributed by atoms with van der Waals surface area (Å²) < 4.78 is 7.95. The lowest BCUT2D eigenvalue weighted by Crippen LogP contribution is -2.33. The fraction of sp³-hybridized carbons (Fsp3) is 0.312. The van der Waals surface area contributed by atoms with Crippen molar-refractivity contribution in [3.8, 4) is 11.3 Å². The van der Waals surface area contributed by atoms with Crippen molar-refractivity contribution in [3.63, 3.8) is 0 Å². The van der Waals surface area contributed by atoms with Crippen LogP contribution in [0.25, 0.3) is 17.0 Å². The summed E-state index contributed by atoms with van der Waals surface area (Å²) in [7, 11) is 0. The Hall–Kier alpha value is -2.59. The Morgan fingerprint density at radius 1 is 1.16 bits per heavy atom. The third-order valence-electron chi connectivity index (χ3n) is 4.26. The molecule has 0 saturated carbocycles. The van der Waals surface area contributed by atoms with E-state index in [1.165, 1.54) is 17.0 Å². The van der Waals surface area contributed by atoms with E-state index in [1.807, 2.05) is 30.3 Å². The standard InChI is InChI=1S/C16H16N4O5/c21-7-11-13(23)14(24)15(25-11)19-8-17-20-12(22)6-10(18-16(19)20)9-4-2-1-3-5-9/h1-6,8,11,13-15,21,23-24H,7H2/t11-,13-,14-,15-/m1/s1. The predicted octanol–water partition coefficient (Wildman–Crippen LogP) is -0.831. The van der Waals surface area contributed by atoms with Crippen LogP contribution in [0.3, 0.4) is 0 Å². The van der Waals surface area contributed by atoms with Gasteiger partial charge in [0.25, 0.3) is 5.56 Å². The first-order valence-electron chi connectivity index (χ1n) is 7.75. The minimum atomic E-state index is -1.28. The highest BCUT2D eigenvalue weighted by Crippen LogP contribution is 2.30. The second-order valence-corrected chi connectivity index (χ2v) is 5.82. The number of hydrogen-bond donors (Lipinski definition) is 3. The fourth-order valence-corrected chi connectivity index (χ4v) is 2.94. The quantitative estimate of drug-likeness (QED) is 0.567. The average molecular weight is 344 g/mol. The van der Waals surface area contributed by atoms with Gasteiger partial charge in [-0.05, 0) is 0 Å². The van der Waals surface area contributed by atoms with Crippen molar-refractivity contribution in [1.29, 1.82) is 0 Å². The molecule has 1 aliphatic heterocycles. The zero-order valence-electron chi connectivity index (χ0n) is 13.0. The molecule has 1 fully saturated rings. The molecule has 0 bridgehead atoms. The molecule has 25 heavy (non-hydrogen) atoms. The van der Waals surface area contributed by atoms with Gasteiger partial charge in [0.2, 0.25) is 5.78 Å². The first-order valence-corrected chi connectivity index (χ1v) is 7.75. The summed E-state index contributed by atoms with van der Waals surface area (Å²) in [5, 5.41) is 33.3. The van der Waals surface area contributed by atoms with Crippen LogP contribution >= 0.6 is 0 Å². The van der Waals surface area contributed by atoms with Crippen molar-refractivity contribution in [2.24, 2.45) is 0 Å². The summed E-state index contributed by atoms with van der Waals surface area (Å²) in [5.41, 5.74) is 0.837. The molecule has 3 aromatic rings. The van der Waals surface area contributed by atoms with Gasteiger partial charge in [0.15, 0.2) is 6.23 Å². The molecule has 3 N–H and O–H groups in total. The SMILES string of the molecule is O=c1cc(-c2ccccc2)nc2n([C@@H]3O[C@H](CO)[C@@H](O)[C@H]3O)cnn12. The van der Waals surface area contributed by atoms with Gasteiger partial charge in [0.1, 0.15) is 24.6 Å². The molecule has 3 heterocycles. The minimum Gasteiger partial charge on any atom is -0.394 e. The van der Waals surface area contributed by atoms with Gasteiger partial charge >= 0.3 is 0 Å². The van der Waals surface area contributed by atoms with Gasteiger partial charge in [-0.2, -0.15) is 9.61 Å². The van der Waals surface area contributed by atoms with Crippen LogP contribution in [-0.2, 0) is 4.74 Å². The van der Waals surface area contributed by atoms with Crippen LogP contribution in [-0.4, -0.2) is 59.4 Å². The van der Waals surface area contributed by atoms with E-state index in [4.69, 9.17) is 4.74 Å². The number of hydrogen-bond acceptors (Lipinski definition) is 7. The zero-order valence-corrected chi connectivity index (χ0v) is 13.0. The molecule has 0 radical (unpaired) electrons. The van der Waals surface area contributed by atoms with Gasteiger partial charge in [-0.1, -0.05) is 30.3 Å². The molecule has 9 nitrogen and oxygen atoms in total. The zero-order chi connectivity index (χ0) is 17.6. The molecule has 0 aliphatic carbocycles. The van der Waals surface area contributed by atoms with Crippen LogP contribution < -0.4 is 5.56 Å². The number of aliphatic hydroxyl groups is 3. The Morgan fingerprint density at radius 2 is 1.92 bits per heavy atom. The molecule has 4 rings (SSSR count). The van der Waals surface area contributed by atoms with E-state index in [9.17, 15) is 20.1 Å². The molecule has 1 saturated heterocycles. The van der Waals surface area contributed by atoms with Crippen molar-refractivity contribution in [2.45, 2.75) is 24.5 Å². The molecular formula is C16H16N4O5.